The first kappa shape index (κ1) is 12.2. The number of benzene rings is 1. The van der Waals surface area contributed by atoms with Crippen molar-refractivity contribution in [2.75, 3.05) is 7.11 Å². The quantitative estimate of drug-likeness (QED) is 0.833. The zero-order valence-electron chi connectivity index (χ0n) is 10.1. The Hall–Kier alpha value is -2.30. The molecule has 1 aromatic carbocycles. The van der Waals surface area contributed by atoms with Gasteiger partial charge in [-0.15, -0.1) is 0 Å². The number of ether oxygens (including phenoxy) is 1. The summed E-state index contributed by atoms with van der Waals surface area (Å²) in [6, 6.07) is 5.24. The summed E-state index contributed by atoms with van der Waals surface area (Å²) < 4.78 is 6.57. The van der Waals surface area contributed by atoms with E-state index in [9.17, 15) is 9.59 Å². The van der Waals surface area contributed by atoms with Crippen molar-refractivity contribution in [1.29, 1.82) is 0 Å². The lowest BCUT2D eigenvalue weighted by molar-refractivity contribution is -0.136. The summed E-state index contributed by atoms with van der Waals surface area (Å²) in [7, 11) is 1.54. The molecule has 0 unspecified atom stereocenters. The van der Waals surface area contributed by atoms with Crippen LogP contribution in [0, 0.1) is 6.92 Å². The van der Waals surface area contributed by atoms with Gasteiger partial charge in [0.05, 0.1) is 19.0 Å². The Bertz CT molecular complexity index is 627. The molecule has 0 saturated heterocycles. The molecule has 0 aliphatic heterocycles. The molecule has 18 heavy (non-hydrogen) atoms. The number of hydrogen-bond donors (Lipinski definition) is 1. The van der Waals surface area contributed by atoms with E-state index in [0.717, 1.165) is 5.39 Å². The minimum absolute atomic E-state index is 0.115. The summed E-state index contributed by atoms with van der Waals surface area (Å²) in [5.41, 5.74) is 1.98. The van der Waals surface area contributed by atoms with Gasteiger partial charge in [0.25, 0.3) is 0 Å². The number of carbonyl (C=O) groups excluding carboxylic acids is 1. The topological polar surface area (TPSA) is 68.5 Å². The first-order chi connectivity index (χ1) is 8.58. The number of fused-ring (bicyclic) bond motifs is 1. The van der Waals surface area contributed by atoms with E-state index >= 15 is 0 Å². The predicted molar refractivity (Wildman–Crippen MR) is 66.7 cm³/mol. The third kappa shape index (κ3) is 1.84. The van der Waals surface area contributed by atoms with Crippen LogP contribution in [0.15, 0.2) is 18.2 Å². The number of methoxy groups -OCH3 is 1. The number of nitrogens with zero attached hydrogens (tertiary/aromatic N) is 1. The number of aliphatic carboxylic acids is 1. The molecule has 94 valence electrons. The van der Waals surface area contributed by atoms with Crippen molar-refractivity contribution in [3.8, 4) is 5.75 Å². The van der Waals surface area contributed by atoms with Crippen LogP contribution in [-0.2, 0) is 16.0 Å². The molecule has 0 radical (unpaired) electrons. The maximum absolute atomic E-state index is 11.1. The highest BCUT2D eigenvalue weighted by molar-refractivity contribution is 5.93. The van der Waals surface area contributed by atoms with Gasteiger partial charge in [0, 0.05) is 11.1 Å². The molecule has 0 bridgehead atoms. The third-order valence-corrected chi connectivity index (χ3v) is 3.02. The lowest BCUT2D eigenvalue weighted by Gasteiger charge is -2.00. The van der Waals surface area contributed by atoms with Gasteiger partial charge in [-0.3, -0.25) is 14.2 Å². The molecular formula is C13H13NO4. The van der Waals surface area contributed by atoms with Crippen molar-refractivity contribution in [2.45, 2.75) is 13.3 Å². The number of hydrogen-bond acceptors (Lipinski definition) is 3. The first-order valence-electron chi connectivity index (χ1n) is 5.43. The van der Waals surface area contributed by atoms with Crippen LogP contribution in [0.5, 0.6) is 5.75 Å². The summed E-state index contributed by atoms with van der Waals surface area (Å²) >= 11 is 0. The molecule has 2 aromatic rings. The molecule has 0 atom stereocenters. The molecule has 0 spiro atoms. The molecule has 5 nitrogen and oxygen atoms in total. The van der Waals surface area contributed by atoms with Crippen molar-refractivity contribution in [2.24, 2.45) is 0 Å². The van der Waals surface area contributed by atoms with Gasteiger partial charge in [0.2, 0.25) is 6.41 Å². The molecule has 1 N–H and O–H groups in total. The van der Waals surface area contributed by atoms with Gasteiger partial charge in [-0.05, 0) is 30.7 Å². The van der Waals surface area contributed by atoms with Crippen LogP contribution in [-0.4, -0.2) is 29.2 Å². The molecule has 0 fully saturated rings. The number of aromatic nitrogens is 1. The lowest BCUT2D eigenvalue weighted by atomic mass is 10.1. The van der Waals surface area contributed by atoms with E-state index in [2.05, 4.69) is 0 Å². The van der Waals surface area contributed by atoms with Crippen molar-refractivity contribution in [1.82, 2.24) is 4.57 Å². The fraction of sp³-hybridized carbons (Fsp3) is 0.231. The minimum atomic E-state index is -0.925. The number of carbonyl (C=O) groups is 2. The minimum Gasteiger partial charge on any atom is -0.497 e. The number of carboxylic acid groups (broad SMARTS) is 1. The van der Waals surface area contributed by atoms with Gasteiger partial charge in [-0.1, -0.05) is 0 Å². The van der Waals surface area contributed by atoms with Gasteiger partial charge in [-0.25, -0.2) is 0 Å². The molecule has 5 heteroatoms. The van der Waals surface area contributed by atoms with Crippen molar-refractivity contribution in [3.05, 3.63) is 29.5 Å². The molecule has 0 amide bonds. The average molecular weight is 247 g/mol. The molecular weight excluding hydrogens is 234 g/mol. The van der Waals surface area contributed by atoms with Crippen molar-refractivity contribution in [3.63, 3.8) is 0 Å². The Labute approximate surface area is 104 Å². The van der Waals surface area contributed by atoms with E-state index < -0.39 is 5.97 Å². The second-order valence-corrected chi connectivity index (χ2v) is 3.99. The van der Waals surface area contributed by atoms with E-state index in [1.165, 1.54) is 4.57 Å². The average Bonchev–Trinajstić information content (AvgIpc) is 2.61. The highest BCUT2D eigenvalue weighted by atomic mass is 16.5. The highest BCUT2D eigenvalue weighted by Crippen LogP contribution is 2.28. The van der Waals surface area contributed by atoms with Crippen molar-refractivity contribution < 1.29 is 19.4 Å². The van der Waals surface area contributed by atoms with Gasteiger partial charge in [0.15, 0.2) is 0 Å². The second kappa shape index (κ2) is 4.52. The Morgan fingerprint density at radius 3 is 2.78 bits per heavy atom. The van der Waals surface area contributed by atoms with Crippen LogP contribution in [0.4, 0.5) is 0 Å². The smallest absolute Gasteiger partial charge is 0.307 e. The predicted octanol–water partition coefficient (Wildman–Crippen LogP) is 1.62. The van der Waals surface area contributed by atoms with Crippen LogP contribution in [0.2, 0.25) is 0 Å². The van der Waals surface area contributed by atoms with Gasteiger partial charge < -0.3 is 9.84 Å². The molecule has 1 aromatic heterocycles. The molecule has 0 aliphatic carbocycles. The summed E-state index contributed by atoms with van der Waals surface area (Å²) in [5.74, 6) is -0.289. The summed E-state index contributed by atoms with van der Waals surface area (Å²) in [6.45, 7) is 1.74. The highest BCUT2D eigenvalue weighted by Gasteiger charge is 2.16. The third-order valence-electron chi connectivity index (χ3n) is 3.02. The normalized spacial score (nSPS) is 10.6. The zero-order chi connectivity index (χ0) is 13.3. The summed E-state index contributed by atoms with van der Waals surface area (Å²) in [5, 5.41) is 9.67. The van der Waals surface area contributed by atoms with E-state index in [-0.39, 0.29) is 6.42 Å². The Morgan fingerprint density at radius 1 is 1.50 bits per heavy atom. The van der Waals surface area contributed by atoms with Crippen LogP contribution in [0.1, 0.15) is 11.3 Å². The van der Waals surface area contributed by atoms with E-state index in [1.807, 2.05) is 0 Å². The van der Waals surface area contributed by atoms with Crippen molar-refractivity contribution >= 4 is 23.3 Å². The van der Waals surface area contributed by atoms with E-state index in [0.29, 0.717) is 28.9 Å². The van der Waals surface area contributed by atoms with E-state index in [1.54, 1.807) is 32.2 Å². The monoisotopic (exact) mass is 247 g/mol. The number of rotatable bonds is 4. The number of carboxylic acids is 1. The first-order valence-corrected chi connectivity index (χ1v) is 5.43. The van der Waals surface area contributed by atoms with Gasteiger partial charge in [-0.2, -0.15) is 0 Å². The zero-order valence-corrected chi connectivity index (χ0v) is 10.1. The fourth-order valence-electron chi connectivity index (χ4n) is 2.13. The Balaban J connectivity index is 2.76. The Morgan fingerprint density at radius 2 is 2.22 bits per heavy atom. The maximum Gasteiger partial charge on any atom is 0.307 e. The van der Waals surface area contributed by atoms with Crippen LogP contribution in [0.25, 0.3) is 10.9 Å². The summed E-state index contributed by atoms with van der Waals surface area (Å²) in [4.78, 5) is 22.0. The molecule has 2 rings (SSSR count). The summed E-state index contributed by atoms with van der Waals surface area (Å²) in [6.07, 6.45) is 0.575. The maximum atomic E-state index is 11.1. The fourth-order valence-corrected chi connectivity index (χ4v) is 2.13. The molecule has 1 heterocycles. The molecule has 0 aliphatic rings. The van der Waals surface area contributed by atoms with Crippen LogP contribution >= 0.6 is 0 Å². The SMILES string of the molecule is COc1ccc2c(c1)c(CC(=O)O)c(C)n2C=O. The standard InChI is InChI=1S/C13H13NO4/c1-8-10(6-13(16)17)11-5-9(18-2)3-4-12(11)14(8)7-15/h3-5,7H,6H2,1-2H3,(H,16,17). The lowest BCUT2D eigenvalue weighted by Crippen LogP contribution is -2.03. The Kier molecular flexibility index (Phi) is 3.06. The largest absolute Gasteiger partial charge is 0.497 e. The van der Waals surface area contributed by atoms with Crippen LogP contribution < -0.4 is 4.74 Å². The van der Waals surface area contributed by atoms with Gasteiger partial charge >= 0.3 is 5.97 Å². The second-order valence-electron chi connectivity index (χ2n) is 3.99. The van der Waals surface area contributed by atoms with E-state index in [4.69, 9.17) is 9.84 Å². The van der Waals surface area contributed by atoms with Gasteiger partial charge in [0.1, 0.15) is 5.75 Å². The van der Waals surface area contributed by atoms with Crippen LogP contribution in [0.3, 0.4) is 0 Å². The molecule has 0 saturated carbocycles.